The van der Waals surface area contributed by atoms with Crippen molar-refractivity contribution in [2.24, 2.45) is 5.92 Å². The van der Waals surface area contributed by atoms with Crippen LogP contribution in [0.3, 0.4) is 0 Å². The monoisotopic (exact) mass is 141 g/mol. The number of hydrogen-bond donors (Lipinski definition) is 1. The fourth-order valence-corrected chi connectivity index (χ4v) is 0.988. The maximum atomic E-state index is 3.83. The highest BCUT2D eigenvalue weighted by molar-refractivity contribution is 5.18. The van der Waals surface area contributed by atoms with Crippen molar-refractivity contribution >= 4 is 0 Å². The van der Waals surface area contributed by atoms with E-state index >= 15 is 0 Å². The Bertz CT molecular complexity index is 125. The molecule has 1 heterocycles. The van der Waals surface area contributed by atoms with Crippen molar-refractivity contribution in [1.29, 1.82) is 0 Å². The number of rotatable bonds is 0. The van der Waals surface area contributed by atoms with Gasteiger partial charge in [-0.25, -0.2) is 0 Å². The van der Waals surface area contributed by atoms with E-state index in [1.807, 2.05) is 13.8 Å². The summed E-state index contributed by atoms with van der Waals surface area (Å²) in [6, 6.07) is 0. The molecule has 1 saturated heterocycles. The van der Waals surface area contributed by atoms with E-state index in [1.54, 1.807) is 0 Å². The van der Waals surface area contributed by atoms with Crippen LogP contribution in [0.1, 0.15) is 34.6 Å². The zero-order valence-corrected chi connectivity index (χ0v) is 7.78. The van der Waals surface area contributed by atoms with Gasteiger partial charge in [0.05, 0.1) is 0 Å². The molecule has 1 unspecified atom stereocenters. The molecule has 1 fully saturated rings. The van der Waals surface area contributed by atoms with E-state index in [0.717, 1.165) is 0 Å². The van der Waals surface area contributed by atoms with Crippen LogP contribution in [0, 0.1) is 5.92 Å². The third-order valence-corrected chi connectivity index (χ3v) is 2.09. The van der Waals surface area contributed by atoms with Crippen molar-refractivity contribution < 1.29 is 0 Å². The van der Waals surface area contributed by atoms with Gasteiger partial charge in [-0.1, -0.05) is 27.4 Å². The number of nitrogens with one attached hydrogen (secondary N) is 1. The molecule has 60 valence electrons. The highest BCUT2D eigenvalue weighted by atomic mass is 15.1. The summed E-state index contributed by atoms with van der Waals surface area (Å²) in [5.74, 6) is 0.641. The fourth-order valence-electron chi connectivity index (χ4n) is 0.988. The molecule has 1 atom stereocenters. The summed E-state index contributed by atoms with van der Waals surface area (Å²) in [5, 5.41) is 3.24. The van der Waals surface area contributed by atoms with Crippen LogP contribution < -0.4 is 5.32 Å². The molecule has 1 rings (SSSR count). The first kappa shape index (κ1) is 9.54. The third-order valence-electron chi connectivity index (χ3n) is 2.09. The average molecular weight is 141 g/mol. The molecule has 0 aliphatic carbocycles. The lowest BCUT2D eigenvalue weighted by molar-refractivity contribution is 0.221. The molecule has 1 heteroatoms. The van der Waals surface area contributed by atoms with E-state index < -0.39 is 0 Å². The van der Waals surface area contributed by atoms with Gasteiger partial charge in [-0.15, -0.1) is 0 Å². The van der Waals surface area contributed by atoms with Gasteiger partial charge >= 0.3 is 0 Å². The Labute approximate surface area is 64.5 Å². The highest BCUT2D eigenvalue weighted by Gasteiger charge is 2.37. The van der Waals surface area contributed by atoms with Crippen LogP contribution in [0.5, 0.6) is 0 Å². The Morgan fingerprint density at radius 3 is 1.80 bits per heavy atom. The topological polar surface area (TPSA) is 12.0 Å². The predicted molar refractivity (Wildman–Crippen MR) is 46.9 cm³/mol. The van der Waals surface area contributed by atoms with E-state index in [0.29, 0.717) is 11.5 Å². The minimum absolute atomic E-state index is 0.303. The van der Waals surface area contributed by atoms with Gasteiger partial charge in [-0.05, 0) is 13.8 Å². The predicted octanol–water partition coefficient (Wildman–Crippen LogP) is 2.54. The summed E-state index contributed by atoms with van der Waals surface area (Å²) in [7, 11) is 0. The highest BCUT2D eigenvalue weighted by Crippen LogP contribution is 2.31. The Morgan fingerprint density at radius 2 is 1.80 bits per heavy atom. The van der Waals surface area contributed by atoms with Gasteiger partial charge in [-0.2, -0.15) is 0 Å². The first-order valence-corrected chi connectivity index (χ1v) is 4.01. The summed E-state index contributed by atoms with van der Waals surface area (Å²) >= 11 is 0. The van der Waals surface area contributed by atoms with Crippen molar-refractivity contribution in [3.63, 3.8) is 0 Å². The Kier molecular flexibility index (Phi) is 2.95. The molecule has 0 aromatic carbocycles. The second-order valence-electron chi connectivity index (χ2n) is 3.09. The molecule has 10 heavy (non-hydrogen) atoms. The van der Waals surface area contributed by atoms with Crippen LogP contribution in [0.2, 0.25) is 0 Å². The largest absolute Gasteiger partial charge is 0.383 e. The molecule has 1 N–H and O–H groups in total. The quantitative estimate of drug-likeness (QED) is 0.546. The second-order valence-corrected chi connectivity index (χ2v) is 3.09. The molecule has 0 amide bonds. The lowest BCUT2D eigenvalue weighted by atomic mass is 9.79. The molecule has 0 aromatic rings. The maximum Gasteiger partial charge on any atom is 0.0394 e. The Morgan fingerprint density at radius 1 is 1.40 bits per heavy atom. The minimum atomic E-state index is 0.303. The van der Waals surface area contributed by atoms with Gasteiger partial charge in [0.25, 0.3) is 0 Å². The first-order chi connectivity index (χ1) is 4.54. The van der Waals surface area contributed by atoms with Crippen molar-refractivity contribution in [2.75, 3.05) is 0 Å². The van der Waals surface area contributed by atoms with Crippen molar-refractivity contribution in [1.82, 2.24) is 5.32 Å². The van der Waals surface area contributed by atoms with Gasteiger partial charge in [0.2, 0.25) is 0 Å². The molecule has 0 aromatic heterocycles. The molecule has 1 aliphatic heterocycles. The van der Waals surface area contributed by atoms with Gasteiger partial charge in [-0.3, -0.25) is 0 Å². The smallest absolute Gasteiger partial charge is 0.0394 e. The average Bonchev–Trinajstić information content (AvgIpc) is 1.91. The zero-order valence-electron chi connectivity index (χ0n) is 7.78. The van der Waals surface area contributed by atoms with E-state index in [-0.39, 0.29) is 0 Å². The van der Waals surface area contributed by atoms with Crippen molar-refractivity contribution in [2.45, 2.75) is 40.2 Å². The number of hydrogen-bond acceptors (Lipinski definition) is 1. The van der Waals surface area contributed by atoms with Crippen molar-refractivity contribution in [3.05, 3.63) is 12.3 Å². The van der Waals surface area contributed by atoms with E-state index in [4.69, 9.17) is 0 Å². The van der Waals surface area contributed by atoms with Crippen LogP contribution in [-0.2, 0) is 0 Å². The van der Waals surface area contributed by atoms with E-state index in [9.17, 15) is 0 Å². The molecule has 1 aliphatic rings. The molecular formula is C9H19N. The Hall–Kier alpha value is -0.460. The lowest BCUT2D eigenvalue weighted by Crippen LogP contribution is -2.57. The third kappa shape index (κ3) is 1.53. The molecule has 1 nitrogen and oxygen atoms in total. The lowest BCUT2D eigenvalue weighted by Gasteiger charge is -2.46. The normalized spacial score (nSPS) is 27.3. The summed E-state index contributed by atoms with van der Waals surface area (Å²) in [4.78, 5) is 0. The molecule has 0 saturated carbocycles. The molecule has 0 radical (unpaired) electrons. The van der Waals surface area contributed by atoms with Gasteiger partial charge in [0, 0.05) is 17.2 Å². The van der Waals surface area contributed by atoms with Crippen LogP contribution in [0.25, 0.3) is 0 Å². The molecule has 0 spiro atoms. The SMILES string of the molecule is C=C1NC(C)(C)C1C.CC. The fraction of sp³-hybridized carbons (Fsp3) is 0.778. The van der Waals surface area contributed by atoms with Gasteiger partial charge < -0.3 is 5.32 Å². The van der Waals surface area contributed by atoms with Crippen LogP contribution in [0.15, 0.2) is 12.3 Å². The second kappa shape index (κ2) is 3.09. The van der Waals surface area contributed by atoms with Gasteiger partial charge in [0.1, 0.15) is 0 Å². The first-order valence-electron chi connectivity index (χ1n) is 4.01. The molecular weight excluding hydrogens is 122 g/mol. The summed E-state index contributed by atoms with van der Waals surface area (Å²) in [6.45, 7) is 14.4. The summed E-state index contributed by atoms with van der Waals surface area (Å²) in [5.41, 5.74) is 1.48. The summed E-state index contributed by atoms with van der Waals surface area (Å²) in [6.07, 6.45) is 0. The van der Waals surface area contributed by atoms with E-state index in [1.165, 1.54) is 5.70 Å². The minimum Gasteiger partial charge on any atom is -0.383 e. The molecule has 0 bridgehead atoms. The standard InChI is InChI=1S/C7H13N.C2H6/c1-5-6(2)8-7(5,3)4;1-2/h5,8H,2H2,1,3-4H3;1-2H3. The van der Waals surface area contributed by atoms with Crippen LogP contribution in [-0.4, -0.2) is 5.54 Å². The zero-order chi connectivity index (χ0) is 8.36. The van der Waals surface area contributed by atoms with Crippen LogP contribution >= 0.6 is 0 Å². The van der Waals surface area contributed by atoms with Gasteiger partial charge in [0.15, 0.2) is 0 Å². The van der Waals surface area contributed by atoms with E-state index in [2.05, 4.69) is 32.7 Å². The maximum absolute atomic E-state index is 3.83. The Balaban J connectivity index is 0.000000371. The van der Waals surface area contributed by atoms with Crippen molar-refractivity contribution in [3.8, 4) is 0 Å². The van der Waals surface area contributed by atoms with Crippen LogP contribution in [0.4, 0.5) is 0 Å². The summed E-state index contributed by atoms with van der Waals surface area (Å²) < 4.78 is 0.